The van der Waals surface area contributed by atoms with E-state index in [9.17, 15) is 10.1 Å². The zero-order valence-electron chi connectivity index (χ0n) is 11.7. The van der Waals surface area contributed by atoms with Crippen LogP contribution in [0.5, 0.6) is 0 Å². The third kappa shape index (κ3) is 3.91. The van der Waals surface area contributed by atoms with Gasteiger partial charge in [0, 0.05) is 44.9 Å². The molecule has 0 saturated carbocycles. The van der Waals surface area contributed by atoms with E-state index in [1.165, 1.54) is 12.1 Å². The van der Waals surface area contributed by atoms with Crippen LogP contribution in [0.3, 0.4) is 0 Å². The zero-order valence-corrected chi connectivity index (χ0v) is 12.4. The van der Waals surface area contributed by atoms with Gasteiger partial charge in [-0.05, 0) is 12.1 Å². The third-order valence-corrected chi connectivity index (χ3v) is 4.19. The summed E-state index contributed by atoms with van der Waals surface area (Å²) in [5.74, 6) is 0. The van der Waals surface area contributed by atoms with Gasteiger partial charge in [-0.25, -0.2) is 0 Å². The first kappa shape index (κ1) is 15.2. The molecule has 1 saturated heterocycles. The normalized spacial score (nSPS) is 18.9. The third-order valence-electron chi connectivity index (χ3n) is 3.80. The van der Waals surface area contributed by atoms with Crippen molar-refractivity contribution in [2.45, 2.75) is 12.3 Å². The number of nitrogens with zero attached hydrogens (tertiary/aromatic N) is 3. The molecule has 0 spiro atoms. The molecule has 1 aromatic rings. The van der Waals surface area contributed by atoms with Gasteiger partial charge in [-0.2, -0.15) is 0 Å². The van der Waals surface area contributed by atoms with Gasteiger partial charge in [0.05, 0.1) is 10.3 Å². The highest BCUT2D eigenvalue weighted by molar-refractivity contribution is 6.21. The number of benzene rings is 1. The van der Waals surface area contributed by atoms with E-state index in [4.69, 9.17) is 11.6 Å². The van der Waals surface area contributed by atoms with Crippen LogP contribution >= 0.6 is 11.6 Å². The Hall–Kier alpha value is -1.17. The van der Waals surface area contributed by atoms with Crippen LogP contribution < -0.4 is 0 Å². The van der Waals surface area contributed by atoms with Gasteiger partial charge in [0.1, 0.15) is 0 Å². The maximum absolute atomic E-state index is 10.6. The zero-order chi connectivity index (χ0) is 14.5. The van der Waals surface area contributed by atoms with Crippen LogP contribution in [0.15, 0.2) is 24.3 Å². The second-order valence-corrected chi connectivity index (χ2v) is 5.58. The molecule has 110 valence electrons. The highest BCUT2D eigenvalue weighted by atomic mass is 35.5. The number of hydrogen-bond donors (Lipinski definition) is 0. The van der Waals surface area contributed by atoms with Crippen molar-refractivity contribution in [1.82, 2.24) is 9.80 Å². The second-order valence-electron chi connectivity index (χ2n) is 5.05. The summed E-state index contributed by atoms with van der Waals surface area (Å²) in [5.41, 5.74) is 1.05. The van der Waals surface area contributed by atoms with E-state index in [0.717, 1.165) is 44.8 Å². The molecule has 2 rings (SSSR count). The quantitative estimate of drug-likeness (QED) is 0.476. The van der Waals surface area contributed by atoms with E-state index < -0.39 is 4.92 Å². The highest BCUT2D eigenvalue weighted by Crippen LogP contribution is 2.24. The van der Waals surface area contributed by atoms with Gasteiger partial charge in [0.15, 0.2) is 0 Å². The SMILES string of the molecule is CCN1CCN(CC(Cl)c2ccc([N+](=O)[O-])cc2)CC1. The van der Waals surface area contributed by atoms with Crippen molar-refractivity contribution in [2.24, 2.45) is 0 Å². The van der Waals surface area contributed by atoms with Crippen molar-refractivity contribution in [3.8, 4) is 0 Å². The fraction of sp³-hybridized carbons (Fsp3) is 0.571. The van der Waals surface area contributed by atoms with Gasteiger partial charge < -0.3 is 4.90 Å². The first-order valence-corrected chi connectivity index (χ1v) is 7.37. The van der Waals surface area contributed by atoms with Crippen LogP contribution in [-0.4, -0.2) is 54.0 Å². The molecule has 0 amide bonds. The molecule has 20 heavy (non-hydrogen) atoms. The summed E-state index contributed by atoms with van der Waals surface area (Å²) in [4.78, 5) is 15.0. The van der Waals surface area contributed by atoms with E-state index in [0.29, 0.717) is 0 Å². The lowest BCUT2D eigenvalue weighted by Crippen LogP contribution is -2.46. The Labute approximate surface area is 124 Å². The van der Waals surface area contributed by atoms with Crippen molar-refractivity contribution in [3.05, 3.63) is 39.9 Å². The van der Waals surface area contributed by atoms with Crippen LogP contribution in [0.1, 0.15) is 17.9 Å². The van der Waals surface area contributed by atoms with E-state index in [-0.39, 0.29) is 11.1 Å². The molecule has 0 aromatic heterocycles. The summed E-state index contributed by atoms with van der Waals surface area (Å²) in [7, 11) is 0. The smallest absolute Gasteiger partial charge is 0.269 e. The van der Waals surface area contributed by atoms with Crippen molar-refractivity contribution in [3.63, 3.8) is 0 Å². The molecule has 0 bridgehead atoms. The number of piperazine rings is 1. The molecule has 1 heterocycles. The summed E-state index contributed by atoms with van der Waals surface area (Å²) in [6, 6.07) is 6.52. The second kappa shape index (κ2) is 7.02. The van der Waals surface area contributed by atoms with Gasteiger partial charge in [-0.3, -0.25) is 15.0 Å². The summed E-state index contributed by atoms with van der Waals surface area (Å²) in [6.45, 7) is 8.29. The molecule has 1 unspecified atom stereocenters. The molecule has 1 atom stereocenters. The average Bonchev–Trinajstić information content (AvgIpc) is 2.48. The summed E-state index contributed by atoms with van der Waals surface area (Å²) < 4.78 is 0. The highest BCUT2D eigenvalue weighted by Gasteiger charge is 2.19. The maximum Gasteiger partial charge on any atom is 0.269 e. The van der Waals surface area contributed by atoms with Gasteiger partial charge in [-0.1, -0.05) is 19.1 Å². The van der Waals surface area contributed by atoms with Crippen LogP contribution in [0, 0.1) is 10.1 Å². The molecular formula is C14H20ClN3O2. The van der Waals surface area contributed by atoms with E-state index in [2.05, 4.69) is 16.7 Å². The fourth-order valence-electron chi connectivity index (χ4n) is 2.43. The molecule has 1 aliphatic heterocycles. The van der Waals surface area contributed by atoms with Crippen LogP contribution in [0.4, 0.5) is 5.69 Å². The first-order valence-electron chi connectivity index (χ1n) is 6.93. The van der Waals surface area contributed by atoms with Gasteiger partial charge >= 0.3 is 0 Å². The van der Waals surface area contributed by atoms with Crippen molar-refractivity contribution < 1.29 is 4.92 Å². The van der Waals surface area contributed by atoms with E-state index >= 15 is 0 Å². The lowest BCUT2D eigenvalue weighted by Gasteiger charge is -2.34. The van der Waals surface area contributed by atoms with Crippen LogP contribution in [-0.2, 0) is 0 Å². The molecule has 6 heteroatoms. The summed E-state index contributed by atoms with van der Waals surface area (Å²) in [6.07, 6.45) is 0. The Morgan fingerprint density at radius 3 is 2.25 bits per heavy atom. The first-order chi connectivity index (χ1) is 9.60. The van der Waals surface area contributed by atoms with Gasteiger partial charge in [-0.15, -0.1) is 11.6 Å². The number of alkyl halides is 1. The standard InChI is InChI=1S/C14H20ClN3O2/c1-2-16-7-9-17(10-8-16)11-14(15)12-3-5-13(6-4-12)18(19)20/h3-6,14H,2,7-11H2,1H3. The Balaban J connectivity index is 1.88. The number of nitro groups is 1. The molecule has 0 radical (unpaired) electrons. The number of halogens is 1. The Morgan fingerprint density at radius 2 is 1.75 bits per heavy atom. The van der Waals surface area contributed by atoms with Crippen molar-refractivity contribution in [1.29, 1.82) is 0 Å². The average molecular weight is 298 g/mol. The summed E-state index contributed by atoms with van der Waals surface area (Å²) >= 11 is 6.42. The number of hydrogen-bond acceptors (Lipinski definition) is 4. The Kier molecular flexibility index (Phi) is 5.34. The topological polar surface area (TPSA) is 49.6 Å². The lowest BCUT2D eigenvalue weighted by molar-refractivity contribution is -0.384. The monoisotopic (exact) mass is 297 g/mol. The van der Waals surface area contributed by atoms with Gasteiger partial charge in [0.25, 0.3) is 5.69 Å². The molecular weight excluding hydrogens is 278 g/mol. The Morgan fingerprint density at radius 1 is 1.20 bits per heavy atom. The minimum Gasteiger partial charge on any atom is -0.301 e. The van der Waals surface area contributed by atoms with E-state index in [1.54, 1.807) is 12.1 Å². The number of non-ortho nitro benzene ring substituents is 1. The number of likely N-dealkylation sites (N-methyl/N-ethyl adjacent to an activating group) is 1. The number of nitro benzene ring substituents is 1. The lowest BCUT2D eigenvalue weighted by atomic mass is 10.1. The minimum absolute atomic E-state index is 0.106. The van der Waals surface area contributed by atoms with Crippen molar-refractivity contribution in [2.75, 3.05) is 39.3 Å². The van der Waals surface area contributed by atoms with Gasteiger partial charge in [0.2, 0.25) is 0 Å². The van der Waals surface area contributed by atoms with Crippen LogP contribution in [0.2, 0.25) is 0 Å². The predicted molar refractivity (Wildman–Crippen MR) is 80.2 cm³/mol. The number of rotatable bonds is 5. The maximum atomic E-state index is 10.6. The largest absolute Gasteiger partial charge is 0.301 e. The molecule has 1 fully saturated rings. The molecule has 1 aromatic carbocycles. The minimum atomic E-state index is -0.392. The fourth-order valence-corrected chi connectivity index (χ4v) is 2.77. The van der Waals surface area contributed by atoms with Crippen molar-refractivity contribution >= 4 is 17.3 Å². The summed E-state index contributed by atoms with van der Waals surface area (Å²) in [5, 5.41) is 10.5. The molecule has 0 N–H and O–H groups in total. The molecule has 0 aliphatic carbocycles. The predicted octanol–water partition coefficient (Wildman–Crippen LogP) is 2.51. The molecule has 1 aliphatic rings. The Bertz CT molecular complexity index is 444. The molecule has 5 nitrogen and oxygen atoms in total. The van der Waals surface area contributed by atoms with Crippen LogP contribution in [0.25, 0.3) is 0 Å². The van der Waals surface area contributed by atoms with E-state index in [1.807, 2.05) is 0 Å².